The largest absolute Gasteiger partial charge is 0.342 e. The van der Waals surface area contributed by atoms with Gasteiger partial charge in [0.25, 0.3) is 0 Å². The number of imidazole rings is 1. The molecule has 6 nitrogen and oxygen atoms in total. The Morgan fingerprint density at radius 3 is 2.70 bits per heavy atom. The maximum atomic E-state index is 14.2. The quantitative estimate of drug-likeness (QED) is 0.781. The summed E-state index contributed by atoms with van der Waals surface area (Å²) in [7, 11) is 0. The third kappa shape index (κ3) is 2.62. The number of aromatic nitrogens is 4. The first-order valence-electron chi connectivity index (χ1n) is 7.62. The summed E-state index contributed by atoms with van der Waals surface area (Å²) in [6, 6.07) is 2.97. The number of nitrogens with one attached hydrogen (secondary N) is 1. The van der Waals surface area contributed by atoms with Gasteiger partial charge in [0.05, 0.1) is 17.0 Å². The zero-order valence-corrected chi connectivity index (χ0v) is 13.2. The Kier molecular flexibility index (Phi) is 3.94. The van der Waals surface area contributed by atoms with Gasteiger partial charge >= 0.3 is 0 Å². The van der Waals surface area contributed by atoms with Crippen LogP contribution in [0.4, 0.5) is 4.39 Å². The number of hydrogen-bond donors (Lipinski definition) is 1. The molecule has 1 aliphatic carbocycles. The molecular weight excluding hydrogens is 299 g/mol. The van der Waals surface area contributed by atoms with Crippen LogP contribution in [0.15, 0.2) is 16.7 Å². The maximum absolute atomic E-state index is 14.2. The first-order chi connectivity index (χ1) is 11.1. The van der Waals surface area contributed by atoms with Crippen LogP contribution < -0.4 is 0 Å². The summed E-state index contributed by atoms with van der Waals surface area (Å²) >= 11 is 0. The number of aryl methyl sites for hydroxylation is 1. The number of halogens is 1. The average molecular weight is 316 g/mol. The number of H-pyrrole nitrogens is 1. The van der Waals surface area contributed by atoms with Crippen molar-refractivity contribution < 1.29 is 13.7 Å². The second kappa shape index (κ2) is 5.91. The Labute approximate surface area is 132 Å². The minimum Gasteiger partial charge on any atom is -0.342 e. The Hall–Kier alpha value is -2.57. The van der Waals surface area contributed by atoms with Gasteiger partial charge in [-0.25, -0.2) is 9.37 Å². The normalized spacial score (nSPS) is 14.5. The van der Waals surface area contributed by atoms with Gasteiger partial charge in [0.1, 0.15) is 22.9 Å². The summed E-state index contributed by atoms with van der Waals surface area (Å²) in [4.78, 5) is 22.6. The van der Waals surface area contributed by atoms with Crippen LogP contribution in [-0.2, 0) is 4.79 Å². The molecule has 0 aliphatic heterocycles. The number of ketones is 1. The minimum absolute atomic E-state index is 0.0399. The van der Waals surface area contributed by atoms with E-state index in [0.717, 1.165) is 0 Å². The van der Waals surface area contributed by atoms with Gasteiger partial charge in [-0.15, -0.1) is 0 Å². The molecule has 23 heavy (non-hydrogen) atoms. The lowest BCUT2D eigenvalue weighted by molar-refractivity contribution is -0.125. The van der Waals surface area contributed by atoms with Gasteiger partial charge in [0, 0.05) is 12.8 Å². The molecule has 1 aliphatic rings. The van der Waals surface area contributed by atoms with Gasteiger partial charge < -0.3 is 9.51 Å². The SMILES string of the molecule is CC.Cc1nc2c(-c3noc(C4CC(=O)C4)n3)c(F)ccc2[nH]1. The Bertz CT molecular complexity index is 860. The van der Waals surface area contributed by atoms with Crippen molar-refractivity contribution in [2.75, 3.05) is 0 Å². The fourth-order valence-corrected chi connectivity index (χ4v) is 2.55. The fraction of sp³-hybridized carbons (Fsp3) is 0.375. The number of carbonyl (C=O) groups excluding carboxylic acids is 1. The Morgan fingerprint density at radius 2 is 2.00 bits per heavy atom. The highest BCUT2D eigenvalue weighted by Crippen LogP contribution is 2.35. The number of hydrogen-bond acceptors (Lipinski definition) is 5. The van der Waals surface area contributed by atoms with E-state index in [0.29, 0.717) is 35.6 Å². The second-order valence-corrected chi connectivity index (χ2v) is 5.24. The van der Waals surface area contributed by atoms with Crippen molar-refractivity contribution in [1.82, 2.24) is 20.1 Å². The van der Waals surface area contributed by atoms with Crippen LogP contribution in [0.1, 0.15) is 44.3 Å². The molecule has 2 heterocycles. The van der Waals surface area contributed by atoms with Crippen LogP contribution in [0.3, 0.4) is 0 Å². The third-order valence-electron chi connectivity index (χ3n) is 3.68. The second-order valence-electron chi connectivity index (χ2n) is 5.24. The van der Waals surface area contributed by atoms with Crippen molar-refractivity contribution >= 4 is 16.8 Å². The van der Waals surface area contributed by atoms with Crippen molar-refractivity contribution in [2.45, 2.75) is 39.5 Å². The molecular formula is C16H17FN4O2. The lowest BCUT2D eigenvalue weighted by Gasteiger charge is -2.19. The number of nitrogens with zero attached hydrogens (tertiary/aromatic N) is 3. The van der Waals surface area contributed by atoms with Crippen LogP contribution in [0.5, 0.6) is 0 Å². The summed E-state index contributed by atoms with van der Waals surface area (Å²) in [6.45, 7) is 5.79. The highest BCUT2D eigenvalue weighted by molar-refractivity contribution is 5.90. The highest BCUT2D eigenvalue weighted by Gasteiger charge is 2.33. The van der Waals surface area contributed by atoms with E-state index in [1.807, 2.05) is 13.8 Å². The third-order valence-corrected chi connectivity index (χ3v) is 3.68. The molecule has 1 fully saturated rings. The molecule has 0 amide bonds. The summed E-state index contributed by atoms with van der Waals surface area (Å²) in [5.41, 5.74) is 1.41. The van der Waals surface area contributed by atoms with E-state index in [2.05, 4.69) is 20.1 Å². The molecule has 1 N–H and O–H groups in total. The molecule has 3 aromatic rings. The number of aromatic amines is 1. The summed E-state index contributed by atoms with van der Waals surface area (Å²) < 4.78 is 19.3. The summed E-state index contributed by atoms with van der Waals surface area (Å²) in [5, 5.41) is 3.84. The van der Waals surface area contributed by atoms with Crippen LogP contribution in [0.25, 0.3) is 22.4 Å². The van der Waals surface area contributed by atoms with Gasteiger partial charge in [-0.3, -0.25) is 4.79 Å². The van der Waals surface area contributed by atoms with Crippen molar-refractivity contribution in [3.05, 3.63) is 29.7 Å². The van der Waals surface area contributed by atoms with Crippen LogP contribution in [0.2, 0.25) is 0 Å². The topological polar surface area (TPSA) is 84.7 Å². The first kappa shape index (κ1) is 15.3. The number of Topliss-reactive ketones (excluding diaryl/α,β-unsaturated/α-hetero) is 1. The fourth-order valence-electron chi connectivity index (χ4n) is 2.55. The maximum Gasteiger partial charge on any atom is 0.230 e. The van der Waals surface area contributed by atoms with Gasteiger partial charge in [-0.05, 0) is 19.1 Å². The highest BCUT2D eigenvalue weighted by atomic mass is 19.1. The molecule has 0 bridgehead atoms. The van der Waals surface area contributed by atoms with E-state index in [9.17, 15) is 9.18 Å². The summed E-state index contributed by atoms with van der Waals surface area (Å²) in [6.07, 6.45) is 0.825. The molecule has 2 aromatic heterocycles. The molecule has 0 atom stereocenters. The smallest absolute Gasteiger partial charge is 0.230 e. The van der Waals surface area contributed by atoms with Crippen molar-refractivity contribution in [3.63, 3.8) is 0 Å². The van der Waals surface area contributed by atoms with Gasteiger partial charge in [-0.1, -0.05) is 19.0 Å². The van der Waals surface area contributed by atoms with Crippen LogP contribution in [0, 0.1) is 12.7 Å². The lowest BCUT2D eigenvalue weighted by atomic mass is 9.84. The molecule has 1 aromatic carbocycles. The molecule has 120 valence electrons. The number of rotatable bonds is 2. The zero-order valence-electron chi connectivity index (χ0n) is 13.2. The summed E-state index contributed by atoms with van der Waals surface area (Å²) in [5.74, 6) is 0.918. The molecule has 4 rings (SSSR count). The molecule has 1 saturated carbocycles. The lowest BCUT2D eigenvalue weighted by Crippen LogP contribution is -2.21. The van der Waals surface area contributed by atoms with Crippen molar-refractivity contribution in [3.8, 4) is 11.4 Å². The number of benzene rings is 1. The van der Waals surface area contributed by atoms with E-state index < -0.39 is 5.82 Å². The average Bonchev–Trinajstić information content (AvgIpc) is 3.12. The van der Waals surface area contributed by atoms with E-state index in [-0.39, 0.29) is 23.1 Å². The molecule has 0 spiro atoms. The molecule has 0 radical (unpaired) electrons. The minimum atomic E-state index is -0.453. The molecule has 0 saturated heterocycles. The predicted octanol–water partition coefficient (Wildman–Crippen LogP) is 3.53. The van der Waals surface area contributed by atoms with Gasteiger partial charge in [-0.2, -0.15) is 4.98 Å². The van der Waals surface area contributed by atoms with E-state index in [1.54, 1.807) is 13.0 Å². The van der Waals surface area contributed by atoms with E-state index >= 15 is 0 Å². The van der Waals surface area contributed by atoms with Gasteiger partial charge in [0.2, 0.25) is 11.7 Å². The Morgan fingerprint density at radius 1 is 1.26 bits per heavy atom. The standard InChI is InChI=1S/C14H11FN4O2.C2H6/c1-6-16-10-3-2-9(15)11(12(10)17-6)13-18-14(21-19-13)7-4-8(20)5-7;1-2/h2-3,7H,4-5H2,1H3,(H,16,17);1-2H3. The monoisotopic (exact) mass is 316 g/mol. The van der Waals surface area contributed by atoms with E-state index in [1.165, 1.54) is 6.07 Å². The number of fused-ring (bicyclic) bond motifs is 1. The molecule has 7 heteroatoms. The Balaban J connectivity index is 0.000000753. The predicted molar refractivity (Wildman–Crippen MR) is 82.4 cm³/mol. The van der Waals surface area contributed by atoms with Crippen molar-refractivity contribution in [2.24, 2.45) is 0 Å². The number of carbonyl (C=O) groups is 1. The van der Waals surface area contributed by atoms with Crippen molar-refractivity contribution in [1.29, 1.82) is 0 Å². The molecule has 0 unspecified atom stereocenters. The van der Waals surface area contributed by atoms with Crippen LogP contribution in [-0.4, -0.2) is 25.9 Å². The van der Waals surface area contributed by atoms with E-state index in [4.69, 9.17) is 4.52 Å². The van der Waals surface area contributed by atoms with Crippen LogP contribution >= 0.6 is 0 Å². The first-order valence-corrected chi connectivity index (χ1v) is 7.62. The van der Waals surface area contributed by atoms with Gasteiger partial charge in [0.15, 0.2) is 0 Å². The zero-order chi connectivity index (χ0) is 16.6.